The van der Waals surface area contributed by atoms with Crippen molar-refractivity contribution in [3.63, 3.8) is 0 Å². The lowest BCUT2D eigenvalue weighted by atomic mass is 10.3. The molecule has 2 N–H and O–H groups in total. The van der Waals surface area contributed by atoms with Crippen LogP contribution in [-0.2, 0) is 17.2 Å². The summed E-state index contributed by atoms with van der Waals surface area (Å²) in [6, 6.07) is 5.56. The van der Waals surface area contributed by atoms with Crippen molar-refractivity contribution < 1.29 is 9.53 Å². The quantitative estimate of drug-likeness (QED) is 0.838. The van der Waals surface area contributed by atoms with E-state index in [2.05, 4.69) is 4.98 Å². The molecule has 2 rings (SSSR count). The van der Waals surface area contributed by atoms with Crippen molar-refractivity contribution in [1.82, 2.24) is 9.55 Å². The molecule has 0 spiro atoms. The Hall–Kier alpha value is -1.75. The molecule has 0 saturated heterocycles. The van der Waals surface area contributed by atoms with Gasteiger partial charge in [-0.05, 0) is 19.1 Å². The summed E-state index contributed by atoms with van der Waals surface area (Å²) in [5.41, 5.74) is 6.74. The molecule has 18 heavy (non-hydrogen) atoms. The molecule has 0 aliphatic heterocycles. The summed E-state index contributed by atoms with van der Waals surface area (Å²) in [6.07, 6.45) is 0. The number of alkyl halides is 1. The molecular weight excluding hydrogens is 254 g/mol. The van der Waals surface area contributed by atoms with E-state index in [1.165, 1.54) is 0 Å². The summed E-state index contributed by atoms with van der Waals surface area (Å²) >= 11 is 5.84. The summed E-state index contributed by atoms with van der Waals surface area (Å²) in [5.74, 6) is 1.08. The zero-order valence-electron chi connectivity index (χ0n) is 10.0. The van der Waals surface area contributed by atoms with E-state index in [-0.39, 0.29) is 12.4 Å². The van der Waals surface area contributed by atoms with Gasteiger partial charge in [-0.3, -0.25) is 4.79 Å². The summed E-state index contributed by atoms with van der Waals surface area (Å²) in [4.78, 5) is 15.5. The fourth-order valence-corrected chi connectivity index (χ4v) is 2.08. The Morgan fingerprint density at radius 3 is 2.94 bits per heavy atom. The van der Waals surface area contributed by atoms with E-state index in [1.54, 1.807) is 4.57 Å². The van der Waals surface area contributed by atoms with Gasteiger partial charge in [0, 0.05) is 0 Å². The van der Waals surface area contributed by atoms with Crippen molar-refractivity contribution >= 4 is 28.5 Å². The minimum Gasteiger partial charge on any atom is -0.492 e. The fourth-order valence-electron chi connectivity index (χ4n) is 1.88. The van der Waals surface area contributed by atoms with Crippen molar-refractivity contribution in [2.24, 2.45) is 5.73 Å². The van der Waals surface area contributed by atoms with Crippen LogP contribution in [0.3, 0.4) is 0 Å². The molecule has 6 heteroatoms. The number of hydrogen-bond acceptors (Lipinski definition) is 3. The van der Waals surface area contributed by atoms with Crippen molar-refractivity contribution in [3.8, 4) is 5.75 Å². The van der Waals surface area contributed by atoms with Crippen LogP contribution in [0.4, 0.5) is 0 Å². The summed E-state index contributed by atoms with van der Waals surface area (Å²) in [6.45, 7) is 2.52. The van der Waals surface area contributed by atoms with Crippen molar-refractivity contribution in [3.05, 3.63) is 24.0 Å². The normalized spacial score (nSPS) is 10.8. The average molecular weight is 268 g/mol. The van der Waals surface area contributed by atoms with Crippen molar-refractivity contribution in [2.75, 3.05) is 6.61 Å². The Morgan fingerprint density at radius 2 is 2.33 bits per heavy atom. The Bertz CT molecular complexity index is 580. The molecule has 0 bridgehead atoms. The number of aromatic nitrogens is 2. The van der Waals surface area contributed by atoms with Gasteiger partial charge in [-0.15, -0.1) is 11.6 Å². The largest absolute Gasteiger partial charge is 0.492 e. The maximum atomic E-state index is 11.1. The molecular formula is C12H14ClN3O2. The first-order valence-electron chi connectivity index (χ1n) is 5.62. The second kappa shape index (κ2) is 5.27. The summed E-state index contributed by atoms with van der Waals surface area (Å²) in [5, 5.41) is 0. The highest BCUT2D eigenvalue weighted by Crippen LogP contribution is 2.26. The third kappa shape index (κ3) is 2.26. The topological polar surface area (TPSA) is 70.1 Å². The van der Waals surface area contributed by atoms with Gasteiger partial charge in [0.15, 0.2) is 0 Å². The monoisotopic (exact) mass is 267 g/mol. The second-order valence-corrected chi connectivity index (χ2v) is 4.04. The number of halogens is 1. The van der Waals surface area contributed by atoms with Crippen molar-refractivity contribution in [2.45, 2.75) is 19.3 Å². The van der Waals surface area contributed by atoms with Crippen LogP contribution in [0.25, 0.3) is 11.0 Å². The molecule has 0 aliphatic carbocycles. The van der Waals surface area contributed by atoms with Crippen molar-refractivity contribution in [1.29, 1.82) is 0 Å². The van der Waals surface area contributed by atoms with E-state index < -0.39 is 5.91 Å². The van der Waals surface area contributed by atoms with Crippen LogP contribution in [0.5, 0.6) is 5.75 Å². The summed E-state index contributed by atoms with van der Waals surface area (Å²) in [7, 11) is 0. The number of hydrogen-bond donors (Lipinski definition) is 1. The molecule has 0 atom stereocenters. The van der Waals surface area contributed by atoms with Gasteiger partial charge >= 0.3 is 0 Å². The first-order valence-corrected chi connectivity index (χ1v) is 6.16. The van der Waals surface area contributed by atoms with Gasteiger partial charge in [0.05, 0.1) is 18.0 Å². The highest BCUT2D eigenvalue weighted by atomic mass is 35.5. The van der Waals surface area contributed by atoms with E-state index in [1.807, 2.05) is 25.1 Å². The van der Waals surface area contributed by atoms with Crippen LogP contribution in [0.1, 0.15) is 12.7 Å². The number of rotatable bonds is 5. The first-order chi connectivity index (χ1) is 8.67. The van der Waals surface area contributed by atoms with E-state index in [4.69, 9.17) is 22.1 Å². The number of benzene rings is 1. The smallest absolute Gasteiger partial charge is 0.237 e. The number of ether oxygens (including phenoxy) is 1. The Morgan fingerprint density at radius 1 is 1.56 bits per heavy atom. The third-order valence-corrected chi connectivity index (χ3v) is 2.79. The molecule has 0 fully saturated rings. The molecule has 2 aromatic rings. The second-order valence-electron chi connectivity index (χ2n) is 3.77. The number of fused-ring (bicyclic) bond motifs is 1. The molecule has 5 nitrogen and oxygen atoms in total. The zero-order chi connectivity index (χ0) is 13.1. The molecule has 1 amide bonds. The van der Waals surface area contributed by atoms with Gasteiger partial charge in [-0.2, -0.15) is 0 Å². The molecule has 0 radical (unpaired) electrons. The van der Waals surface area contributed by atoms with Crippen LogP contribution < -0.4 is 10.5 Å². The molecule has 1 aromatic carbocycles. The zero-order valence-corrected chi connectivity index (χ0v) is 10.8. The first kappa shape index (κ1) is 12.7. The lowest BCUT2D eigenvalue weighted by molar-refractivity contribution is -0.118. The molecule has 0 aliphatic rings. The SMILES string of the molecule is CCOc1cccc2c1nc(CCl)n2CC(N)=O. The van der Waals surface area contributed by atoms with Gasteiger partial charge in [0.2, 0.25) is 5.91 Å². The van der Waals surface area contributed by atoms with Crippen LogP contribution >= 0.6 is 11.6 Å². The highest BCUT2D eigenvalue weighted by Gasteiger charge is 2.14. The predicted molar refractivity (Wildman–Crippen MR) is 69.7 cm³/mol. The predicted octanol–water partition coefficient (Wildman–Crippen LogP) is 1.66. The van der Waals surface area contributed by atoms with Gasteiger partial charge in [0.25, 0.3) is 0 Å². The standard InChI is InChI=1S/C12H14ClN3O2/c1-2-18-9-5-3-4-8-12(9)15-11(6-13)16(8)7-10(14)17/h3-5H,2,6-7H2,1H3,(H2,14,17). The van der Waals surface area contributed by atoms with E-state index in [0.29, 0.717) is 23.7 Å². The van der Waals surface area contributed by atoms with Crippen LogP contribution in [0.15, 0.2) is 18.2 Å². The molecule has 96 valence electrons. The Labute approximate surface area is 109 Å². The Kier molecular flexibility index (Phi) is 3.72. The van der Waals surface area contributed by atoms with E-state index in [9.17, 15) is 4.79 Å². The lowest BCUT2D eigenvalue weighted by Gasteiger charge is -2.05. The Balaban J connectivity index is 2.61. The maximum Gasteiger partial charge on any atom is 0.237 e. The molecule has 1 aromatic heterocycles. The summed E-state index contributed by atoms with van der Waals surface area (Å²) < 4.78 is 7.22. The van der Waals surface area contributed by atoms with E-state index >= 15 is 0 Å². The number of nitrogens with two attached hydrogens (primary N) is 1. The molecule has 0 unspecified atom stereocenters. The van der Waals surface area contributed by atoms with Gasteiger partial charge < -0.3 is 15.0 Å². The fraction of sp³-hybridized carbons (Fsp3) is 0.333. The number of primary amides is 1. The number of amides is 1. The van der Waals surface area contributed by atoms with Gasteiger partial charge in [-0.1, -0.05) is 6.07 Å². The number of carbonyl (C=O) groups excluding carboxylic acids is 1. The van der Waals surface area contributed by atoms with Gasteiger partial charge in [-0.25, -0.2) is 4.98 Å². The van der Waals surface area contributed by atoms with Crippen LogP contribution in [-0.4, -0.2) is 22.1 Å². The number of para-hydroxylation sites is 1. The number of nitrogens with zero attached hydrogens (tertiary/aromatic N) is 2. The van der Waals surface area contributed by atoms with Crippen LogP contribution in [0, 0.1) is 0 Å². The molecule has 0 saturated carbocycles. The molecule has 1 heterocycles. The van der Waals surface area contributed by atoms with Crippen LogP contribution in [0.2, 0.25) is 0 Å². The lowest BCUT2D eigenvalue weighted by Crippen LogP contribution is -2.19. The van der Waals surface area contributed by atoms with Gasteiger partial charge in [0.1, 0.15) is 23.6 Å². The minimum atomic E-state index is -0.428. The number of imidazole rings is 1. The average Bonchev–Trinajstić information content (AvgIpc) is 2.68. The highest BCUT2D eigenvalue weighted by molar-refractivity contribution is 6.17. The maximum absolute atomic E-state index is 11.1. The number of carbonyl (C=O) groups is 1. The van der Waals surface area contributed by atoms with E-state index in [0.717, 1.165) is 5.52 Å². The third-order valence-electron chi connectivity index (χ3n) is 2.55. The minimum absolute atomic E-state index is 0.0636.